The number of carbonyl (C=O) groups is 1. The van der Waals surface area contributed by atoms with Crippen molar-refractivity contribution in [2.24, 2.45) is 0 Å². The molecular weight excluding hydrogens is 356 g/mol. The number of benzene rings is 1. The van der Waals surface area contributed by atoms with E-state index in [1.165, 1.54) is 5.56 Å². The van der Waals surface area contributed by atoms with Crippen LogP contribution in [0.2, 0.25) is 0 Å². The second-order valence-corrected chi connectivity index (χ2v) is 6.97. The van der Waals surface area contributed by atoms with Gasteiger partial charge in [0.05, 0.1) is 11.3 Å². The molecule has 3 rings (SSSR count). The maximum atomic E-state index is 12.8. The van der Waals surface area contributed by atoms with Gasteiger partial charge in [-0.05, 0) is 45.7 Å². The van der Waals surface area contributed by atoms with Crippen molar-refractivity contribution in [3.05, 3.63) is 58.1 Å². The molecule has 0 aliphatic heterocycles. The molecule has 28 heavy (non-hydrogen) atoms. The second kappa shape index (κ2) is 8.29. The van der Waals surface area contributed by atoms with Crippen molar-refractivity contribution in [1.29, 1.82) is 0 Å². The number of ether oxygens (including phenoxy) is 1. The quantitative estimate of drug-likeness (QED) is 0.657. The second-order valence-electron chi connectivity index (χ2n) is 6.97. The van der Waals surface area contributed by atoms with Gasteiger partial charge in [-0.15, -0.1) is 0 Å². The Hall–Kier alpha value is -3.09. The molecule has 7 heteroatoms. The van der Waals surface area contributed by atoms with Gasteiger partial charge in [0, 0.05) is 12.6 Å². The predicted octanol–water partition coefficient (Wildman–Crippen LogP) is 4.35. The molecule has 0 unspecified atom stereocenters. The Labute approximate surface area is 164 Å². The molecule has 2 heterocycles. The van der Waals surface area contributed by atoms with Crippen molar-refractivity contribution in [3.63, 3.8) is 0 Å². The van der Waals surface area contributed by atoms with Crippen molar-refractivity contribution in [2.75, 3.05) is 5.32 Å². The summed E-state index contributed by atoms with van der Waals surface area (Å²) in [5.41, 5.74) is 3.92. The van der Waals surface area contributed by atoms with Gasteiger partial charge in [0.2, 0.25) is 0 Å². The number of rotatable bonds is 7. The Kier molecular flexibility index (Phi) is 5.82. The third-order valence-electron chi connectivity index (χ3n) is 4.48. The molecule has 0 atom stereocenters. The maximum absolute atomic E-state index is 12.8. The Morgan fingerprint density at radius 1 is 1.21 bits per heavy atom. The molecule has 0 aliphatic carbocycles. The average Bonchev–Trinajstić information content (AvgIpc) is 3.17. The van der Waals surface area contributed by atoms with Gasteiger partial charge in [0.25, 0.3) is 5.91 Å². The van der Waals surface area contributed by atoms with Gasteiger partial charge in [-0.25, -0.2) is 4.68 Å². The van der Waals surface area contributed by atoms with E-state index in [2.05, 4.69) is 28.6 Å². The summed E-state index contributed by atoms with van der Waals surface area (Å²) in [5.74, 6) is 1.64. The fourth-order valence-corrected chi connectivity index (χ4v) is 3.05. The number of hydrogen-bond acceptors (Lipinski definition) is 5. The first-order valence-corrected chi connectivity index (χ1v) is 9.40. The van der Waals surface area contributed by atoms with E-state index in [0.717, 1.165) is 30.0 Å². The average molecular weight is 382 g/mol. The zero-order valence-corrected chi connectivity index (χ0v) is 17.0. The molecule has 0 saturated carbocycles. The van der Waals surface area contributed by atoms with E-state index in [-0.39, 0.29) is 18.2 Å². The third-order valence-corrected chi connectivity index (χ3v) is 4.48. The van der Waals surface area contributed by atoms with Gasteiger partial charge in [0.15, 0.2) is 5.69 Å². The van der Waals surface area contributed by atoms with Crippen molar-refractivity contribution in [2.45, 2.75) is 54.2 Å². The Balaban J connectivity index is 1.77. The lowest BCUT2D eigenvalue weighted by Crippen LogP contribution is -2.18. The normalized spacial score (nSPS) is 10.9. The summed E-state index contributed by atoms with van der Waals surface area (Å²) in [5, 5.41) is 11.2. The number of hydrogen-bond donors (Lipinski definition) is 1. The number of aryl methyl sites for hydroxylation is 5. The van der Waals surface area contributed by atoms with E-state index in [1.807, 2.05) is 39.0 Å². The van der Waals surface area contributed by atoms with Crippen LogP contribution in [0.1, 0.15) is 52.0 Å². The number of anilines is 1. The predicted molar refractivity (Wildman–Crippen MR) is 107 cm³/mol. The first kappa shape index (κ1) is 19.7. The molecule has 2 aromatic heterocycles. The molecule has 0 fully saturated rings. The van der Waals surface area contributed by atoms with Crippen molar-refractivity contribution in [1.82, 2.24) is 14.9 Å². The van der Waals surface area contributed by atoms with Crippen LogP contribution in [0.4, 0.5) is 5.82 Å². The number of aromatic nitrogens is 3. The molecule has 1 aromatic carbocycles. The summed E-state index contributed by atoms with van der Waals surface area (Å²) in [6, 6.07) is 7.82. The molecule has 0 spiro atoms. The molecule has 7 nitrogen and oxygen atoms in total. The Bertz CT molecular complexity index is 988. The third kappa shape index (κ3) is 4.24. The first-order valence-electron chi connectivity index (χ1n) is 9.40. The van der Waals surface area contributed by atoms with Crippen LogP contribution in [0.5, 0.6) is 5.75 Å². The molecule has 0 bridgehead atoms. The minimum absolute atomic E-state index is 0.204. The van der Waals surface area contributed by atoms with E-state index < -0.39 is 0 Å². The summed E-state index contributed by atoms with van der Waals surface area (Å²) >= 11 is 0. The monoisotopic (exact) mass is 382 g/mol. The first-order chi connectivity index (χ1) is 13.4. The van der Waals surface area contributed by atoms with Gasteiger partial charge in [-0.2, -0.15) is 5.10 Å². The van der Waals surface area contributed by atoms with Gasteiger partial charge in [-0.1, -0.05) is 29.8 Å². The highest BCUT2D eigenvalue weighted by Crippen LogP contribution is 2.23. The van der Waals surface area contributed by atoms with Crippen LogP contribution in [0.15, 0.2) is 28.8 Å². The smallest absolute Gasteiger partial charge is 0.279 e. The van der Waals surface area contributed by atoms with Crippen LogP contribution in [-0.2, 0) is 13.2 Å². The van der Waals surface area contributed by atoms with Gasteiger partial charge in [-0.3, -0.25) is 4.79 Å². The van der Waals surface area contributed by atoms with Crippen molar-refractivity contribution >= 4 is 11.7 Å². The minimum atomic E-state index is -0.340. The summed E-state index contributed by atoms with van der Waals surface area (Å²) < 4.78 is 13.0. The lowest BCUT2D eigenvalue weighted by Gasteiger charge is -2.10. The maximum Gasteiger partial charge on any atom is 0.279 e. The minimum Gasteiger partial charge on any atom is -0.488 e. The number of nitrogens with one attached hydrogen (secondary N) is 1. The molecule has 148 valence electrons. The highest BCUT2D eigenvalue weighted by Gasteiger charge is 2.22. The molecule has 3 aromatic rings. The lowest BCUT2D eigenvalue weighted by molar-refractivity contribution is 0.101. The molecule has 1 amide bonds. The van der Waals surface area contributed by atoms with Crippen LogP contribution in [-0.4, -0.2) is 20.8 Å². The zero-order chi connectivity index (χ0) is 20.3. The molecule has 0 aliphatic rings. The van der Waals surface area contributed by atoms with Crippen LogP contribution >= 0.6 is 0 Å². The molecule has 0 saturated heterocycles. The van der Waals surface area contributed by atoms with Crippen LogP contribution in [0.3, 0.4) is 0 Å². The van der Waals surface area contributed by atoms with E-state index in [1.54, 1.807) is 11.6 Å². The lowest BCUT2D eigenvalue weighted by atomic mass is 10.1. The fourth-order valence-electron chi connectivity index (χ4n) is 3.05. The summed E-state index contributed by atoms with van der Waals surface area (Å²) in [6.45, 7) is 10.7. The number of nitrogens with zero attached hydrogens (tertiary/aromatic N) is 3. The van der Waals surface area contributed by atoms with E-state index >= 15 is 0 Å². The van der Waals surface area contributed by atoms with Crippen LogP contribution in [0, 0.1) is 27.7 Å². The van der Waals surface area contributed by atoms with Crippen LogP contribution < -0.4 is 10.1 Å². The van der Waals surface area contributed by atoms with Gasteiger partial charge < -0.3 is 14.6 Å². The standard InChI is InChI=1S/C21H26N4O3/c1-6-9-25-19(11-15(4)23-25)22-21(26)20-17(16(5)28-24-20)12-27-18-8-7-13(2)10-14(18)3/h7-8,10-11H,6,9,12H2,1-5H3,(H,22,26). The molecular formula is C21H26N4O3. The van der Waals surface area contributed by atoms with E-state index in [9.17, 15) is 4.79 Å². The SMILES string of the molecule is CCCn1nc(C)cc1NC(=O)c1noc(C)c1COc1ccc(C)cc1C. The zero-order valence-electron chi connectivity index (χ0n) is 17.0. The summed E-state index contributed by atoms with van der Waals surface area (Å²) in [6.07, 6.45) is 0.919. The van der Waals surface area contributed by atoms with Crippen molar-refractivity contribution < 1.29 is 14.1 Å². The van der Waals surface area contributed by atoms with E-state index in [0.29, 0.717) is 17.1 Å². The molecule has 0 radical (unpaired) electrons. The van der Waals surface area contributed by atoms with Crippen LogP contribution in [0.25, 0.3) is 0 Å². The number of amides is 1. The summed E-state index contributed by atoms with van der Waals surface area (Å²) in [7, 11) is 0. The largest absolute Gasteiger partial charge is 0.488 e. The topological polar surface area (TPSA) is 82.2 Å². The van der Waals surface area contributed by atoms with Crippen molar-refractivity contribution in [3.8, 4) is 5.75 Å². The fraction of sp³-hybridized carbons (Fsp3) is 0.381. The highest BCUT2D eigenvalue weighted by atomic mass is 16.5. The van der Waals surface area contributed by atoms with Gasteiger partial charge >= 0.3 is 0 Å². The Morgan fingerprint density at radius 3 is 2.71 bits per heavy atom. The summed E-state index contributed by atoms with van der Waals surface area (Å²) in [4.78, 5) is 12.8. The van der Waals surface area contributed by atoms with Gasteiger partial charge in [0.1, 0.15) is 23.9 Å². The van der Waals surface area contributed by atoms with E-state index in [4.69, 9.17) is 9.26 Å². The molecule has 1 N–H and O–H groups in total. The Morgan fingerprint density at radius 2 is 2.00 bits per heavy atom. The number of carbonyl (C=O) groups excluding carboxylic acids is 1. The highest BCUT2D eigenvalue weighted by molar-refractivity contribution is 6.03.